The van der Waals surface area contributed by atoms with E-state index >= 15 is 0 Å². The molecule has 0 saturated carbocycles. The molecule has 0 aliphatic carbocycles. The molecule has 1 amide bonds. The van der Waals surface area contributed by atoms with Gasteiger partial charge >= 0.3 is 0 Å². The van der Waals surface area contributed by atoms with Gasteiger partial charge in [0, 0.05) is 23.9 Å². The number of thioether (sulfide) groups is 1. The molecule has 2 rings (SSSR count). The first kappa shape index (κ1) is 16.2. The Bertz CT molecular complexity index is 686. The first-order chi connectivity index (χ1) is 10.5. The molecule has 0 spiro atoms. The van der Waals surface area contributed by atoms with Crippen LogP contribution in [-0.4, -0.2) is 26.9 Å². The molecule has 0 aliphatic rings. The van der Waals surface area contributed by atoms with Crippen LogP contribution in [0.5, 0.6) is 0 Å². The zero-order valence-corrected chi connectivity index (χ0v) is 13.5. The van der Waals surface area contributed by atoms with E-state index in [1.165, 1.54) is 25.0 Å². The summed E-state index contributed by atoms with van der Waals surface area (Å²) in [6.45, 7) is 5.19. The van der Waals surface area contributed by atoms with Gasteiger partial charge in [-0.2, -0.15) is 0 Å². The molecule has 6 heteroatoms. The third-order valence-corrected chi connectivity index (χ3v) is 3.97. The van der Waals surface area contributed by atoms with Crippen LogP contribution in [0.2, 0.25) is 0 Å². The molecule has 114 valence electrons. The average Bonchev–Trinajstić information content (AvgIpc) is 2.46. The van der Waals surface area contributed by atoms with Crippen LogP contribution in [0.25, 0.3) is 0 Å². The summed E-state index contributed by atoms with van der Waals surface area (Å²) in [4.78, 5) is 31.6. The minimum absolute atomic E-state index is 0.0237. The summed E-state index contributed by atoms with van der Waals surface area (Å²) in [6, 6.07) is 8.74. The van der Waals surface area contributed by atoms with Crippen molar-refractivity contribution in [3.05, 3.63) is 47.9 Å². The summed E-state index contributed by atoms with van der Waals surface area (Å²) in [7, 11) is 0. The van der Waals surface area contributed by atoms with Crippen molar-refractivity contribution in [1.82, 2.24) is 9.97 Å². The second-order valence-corrected chi connectivity index (χ2v) is 6.24. The van der Waals surface area contributed by atoms with Crippen LogP contribution in [0.4, 0.5) is 5.69 Å². The second kappa shape index (κ2) is 7.17. The SMILES string of the molecule is CC(=O)Nc1ccc(C(=O)C(C)Sc2cc(C)ncn2)cc1. The smallest absolute Gasteiger partial charge is 0.221 e. The molecule has 1 atom stereocenters. The highest BCUT2D eigenvalue weighted by Crippen LogP contribution is 2.24. The topological polar surface area (TPSA) is 72.0 Å². The number of hydrogen-bond donors (Lipinski definition) is 1. The molecule has 1 aromatic carbocycles. The molecule has 1 N–H and O–H groups in total. The summed E-state index contributed by atoms with van der Waals surface area (Å²) in [5, 5.41) is 3.21. The van der Waals surface area contributed by atoms with Crippen molar-refractivity contribution in [3.8, 4) is 0 Å². The first-order valence-electron chi connectivity index (χ1n) is 6.83. The standard InChI is InChI=1S/C16H17N3O2S/c1-10-8-15(18-9-17-10)22-11(2)16(21)13-4-6-14(7-5-13)19-12(3)20/h4-9,11H,1-3H3,(H,19,20). The summed E-state index contributed by atoms with van der Waals surface area (Å²) in [6.07, 6.45) is 1.50. The Labute approximate surface area is 133 Å². The Morgan fingerprint density at radius 2 is 1.86 bits per heavy atom. The predicted molar refractivity (Wildman–Crippen MR) is 87.2 cm³/mol. The van der Waals surface area contributed by atoms with Gasteiger partial charge in [0.1, 0.15) is 11.4 Å². The number of aromatic nitrogens is 2. The number of anilines is 1. The maximum absolute atomic E-state index is 12.4. The zero-order chi connectivity index (χ0) is 16.1. The van der Waals surface area contributed by atoms with Gasteiger partial charge in [0.05, 0.1) is 5.25 Å². The highest BCUT2D eigenvalue weighted by Gasteiger charge is 2.17. The van der Waals surface area contributed by atoms with E-state index < -0.39 is 0 Å². The lowest BCUT2D eigenvalue weighted by Gasteiger charge is -2.10. The molecular weight excluding hydrogens is 298 g/mol. The van der Waals surface area contributed by atoms with E-state index in [4.69, 9.17) is 0 Å². The van der Waals surface area contributed by atoms with Crippen LogP contribution in [-0.2, 0) is 4.79 Å². The Morgan fingerprint density at radius 1 is 1.18 bits per heavy atom. The molecule has 0 saturated heterocycles. The maximum atomic E-state index is 12.4. The number of ketones is 1. The van der Waals surface area contributed by atoms with Crippen LogP contribution in [0.15, 0.2) is 41.7 Å². The van der Waals surface area contributed by atoms with Gasteiger partial charge in [0.2, 0.25) is 5.91 Å². The number of amides is 1. The van der Waals surface area contributed by atoms with Gasteiger partial charge in [-0.15, -0.1) is 0 Å². The van der Waals surface area contributed by atoms with Crippen molar-refractivity contribution < 1.29 is 9.59 Å². The highest BCUT2D eigenvalue weighted by atomic mass is 32.2. The number of Topliss-reactive ketones (excluding diaryl/α,β-unsaturated/α-hetero) is 1. The Kier molecular flexibility index (Phi) is 5.27. The van der Waals surface area contributed by atoms with E-state index in [9.17, 15) is 9.59 Å². The van der Waals surface area contributed by atoms with Gasteiger partial charge in [-0.1, -0.05) is 11.8 Å². The summed E-state index contributed by atoms with van der Waals surface area (Å²) in [5.41, 5.74) is 2.16. The van der Waals surface area contributed by atoms with Crippen molar-refractivity contribution in [3.63, 3.8) is 0 Å². The minimum Gasteiger partial charge on any atom is -0.326 e. The molecule has 0 fully saturated rings. The number of nitrogens with one attached hydrogen (secondary N) is 1. The number of aryl methyl sites for hydroxylation is 1. The Balaban J connectivity index is 2.05. The number of hydrogen-bond acceptors (Lipinski definition) is 5. The minimum atomic E-state index is -0.249. The largest absolute Gasteiger partial charge is 0.326 e. The Hall–Kier alpha value is -2.21. The highest BCUT2D eigenvalue weighted by molar-refractivity contribution is 8.00. The number of rotatable bonds is 5. The van der Waals surface area contributed by atoms with Gasteiger partial charge in [-0.25, -0.2) is 9.97 Å². The number of carbonyl (C=O) groups excluding carboxylic acids is 2. The fourth-order valence-corrected chi connectivity index (χ4v) is 2.84. The van der Waals surface area contributed by atoms with Crippen molar-refractivity contribution in [2.45, 2.75) is 31.0 Å². The number of carbonyl (C=O) groups is 2. The van der Waals surface area contributed by atoms with Crippen molar-refractivity contribution in [1.29, 1.82) is 0 Å². The van der Waals surface area contributed by atoms with Crippen LogP contribution in [0.1, 0.15) is 29.9 Å². The quantitative estimate of drug-likeness (QED) is 0.521. The monoisotopic (exact) mass is 315 g/mol. The molecule has 2 aromatic rings. The van der Waals surface area contributed by atoms with E-state index in [2.05, 4.69) is 15.3 Å². The van der Waals surface area contributed by atoms with Crippen molar-refractivity contribution in [2.75, 3.05) is 5.32 Å². The molecule has 1 unspecified atom stereocenters. The first-order valence-corrected chi connectivity index (χ1v) is 7.71. The fourth-order valence-electron chi connectivity index (χ4n) is 1.88. The normalized spacial score (nSPS) is 11.8. The number of nitrogens with zero attached hydrogens (tertiary/aromatic N) is 2. The van der Waals surface area contributed by atoms with Gasteiger partial charge in [0.25, 0.3) is 0 Å². The van der Waals surface area contributed by atoms with E-state index in [1.807, 2.05) is 19.9 Å². The number of benzene rings is 1. The maximum Gasteiger partial charge on any atom is 0.221 e. The van der Waals surface area contributed by atoms with Crippen LogP contribution in [0, 0.1) is 6.92 Å². The van der Waals surface area contributed by atoms with Crippen LogP contribution in [0.3, 0.4) is 0 Å². The van der Waals surface area contributed by atoms with Gasteiger partial charge < -0.3 is 5.32 Å². The summed E-state index contributed by atoms with van der Waals surface area (Å²) >= 11 is 1.41. The zero-order valence-electron chi connectivity index (χ0n) is 12.7. The van der Waals surface area contributed by atoms with E-state index in [0.717, 1.165) is 10.7 Å². The fraction of sp³-hybridized carbons (Fsp3) is 0.250. The molecule has 1 aromatic heterocycles. The van der Waals surface area contributed by atoms with Crippen LogP contribution < -0.4 is 5.32 Å². The molecule has 22 heavy (non-hydrogen) atoms. The summed E-state index contributed by atoms with van der Waals surface area (Å²) < 4.78 is 0. The van der Waals surface area contributed by atoms with Gasteiger partial charge in [0.15, 0.2) is 5.78 Å². The Morgan fingerprint density at radius 3 is 2.45 bits per heavy atom. The van der Waals surface area contributed by atoms with Crippen molar-refractivity contribution >= 4 is 29.1 Å². The van der Waals surface area contributed by atoms with Gasteiger partial charge in [-0.3, -0.25) is 9.59 Å². The molecule has 0 radical (unpaired) electrons. The third kappa shape index (κ3) is 4.39. The molecule has 0 aliphatic heterocycles. The van der Waals surface area contributed by atoms with E-state index in [0.29, 0.717) is 11.3 Å². The molecular formula is C16H17N3O2S. The lowest BCUT2D eigenvalue weighted by Crippen LogP contribution is -2.14. The molecule has 5 nitrogen and oxygen atoms in total. The molecule has 1 heterocycles. The second-order valence-electron chi connectivity index (χ2n) is 4.88. The van der Waals surface area contributed by atoms with E-state index in [-0.39, 0.29) is 16.9 Å². The predicted octanol–water partition coefficient (Wildman–Crippen LogP) is 3.11. The average molecular weight is 315 g/mol. The lowest BCUT2D eigenvalue weighted by atomic mass is 10.1. The molecule has 0 bridgehead atoms. The van der Waals surface area contributed by atoms with Crippen LogP contribution >= 0.6 is 11.8 Å². The third-order valence-electron chi connectivity index (χ3n) is 2.94. The van der Waals surface area contributed by atoms with Gasteiger partial charge in [-0.05, 0) is 44.2 Å². The van der Waals surface area contributed by atoms with Crippen molar-refractivity contribution in [2.24, 2.45) is 0 Å². The van der Waals surface area contributed by atoms with E-state index in [1.54, 1.807) is 24.3 Å². The summed E-state index contributed by atoms with van der Waals surface area (Å²) in [5.74, 6) is -0.113. The lowest BCUT2D eigenvalue weighted by molar-refractivity contribution is -0.114.